The fourth-order valence-corrected chi connectivity index (χ4v) is 2.62. The van der Waals surface area contributed by atoms with Gasteiger partial charge in [-0.1, -0.05) is 30.3 Å². The van der Waals surface area contributed by atoms with Gasteiger partial charge < -0.3 is 4.42 Å². The van der Waals surface area contributed by atoms with Gasteiger partial charge in [0, 0.05) is 10.5 Å². The number of aldehydes is 1. The molecule has 0 fully saturated rings. The second kappa shape index (κ2) is 6.02. The summed E-state index contributed by atoms with van der Waals surface area (Å²) in [7, 11) is 0. The molecule has 0 radical (unpaired) electrons. The summed E-state index contributed by atoms with van der Waals surface area (Å²) in [5.41, 5.74) is 3.26. The Morgan fingerprint density at radius 1 is 0.905 bits per heavy atom. The summed E-state index contributed by atoms with van der Waals surface area (Å²) in [6.07, 6.45) is 2.78. The van der Waals surface area contributed by atoms with Gasteiger partial charge >= 0.3 is 0 Å². The SMILES string of the molecule is CSc1ccc(-c2cccc(-c3ccc(C=O)o3)c2)cc1. The molecule has 104 valence electrons. The molecule has 1 heterocycles. The Hall–Kier alpha value is -2.26. The third-order valence-electron chi connectivity index (χ3n) is 3.31. The van der Waals surface area contributed by atoms with Gasteiger partial charge in [0.05, 0.1) is 0 Å². The van der Waals surface area contributed by atoms with Crippen molar-refractivity contribution in [3.63, 3.8) is 0 Å². The maximum absolute atomic E-state index is 10.7. The van der Waals surface area contributed by atoms with Crippen molar-refractivity contribution in [2.75, 3.05) is 6.26 Å². The topological polar surface area (TPSA) is 30.2 Å². The molecule has 21 heavy (non-hydrogen) atoms. The quantitative estimate of drug-likeness (QED) is 0.492. The highest BCUT2D eigenvalue weighted by atomic mass is 32.2. The van der Waals surface area contributed by atoms with Crippen molar-refractivity contribution in [3.05, 3.63) is 66.4 Å². The third kappa shape index (κ3) is 2.93. The first kappa shape index (κ1) is 13.7. The highest BCUT2D eigenvalue weighted by molar-refractivity contribution is 7.98. The van der Waals surface area contributed by atoms with Crippen LogP contribution in [0, 0.1) is 0 Å². The molecule has 0 bridgehead atoms. The maximum atomic E-state index is 10.7. The first-order chi connectivity index (χ1) is 10.3. The molecular formula is C18H14O2S. The number of hydrogen-bond acceptors (Lipinski definition) is 3. The number of benzene rings is 2. The van der Waals surface area contributed by atoms with Crippen molar-refractivity contribution in [2.45, 2.75) is 4.90 Å². The van der Waals surface area contributed by atoms with Crippen LogP contribution in [0.1, 0.15) is 10.6 Å². The van der Waals surface area contributed by atoms with E-state index in [2.05, 4.69) is 42.7 Å². The molecule has 0 aliphatic carbocycles. The Morgan fingerprint density at radius 3 is 2.33 bits per heavy atom. The van der Waals surface area contributed by atoms with E-state index in [1.807, 2.05) is 18.2 Å². The molecule has 0 unspecified atom stereocenters. The van der Waals surface area contributed by atoms with Gasteiger partial charge in [-0.25, -0.2) is 0 Å². The van der Waals surface area contributed by atoms with E-state index in [9.17, 15) is 4.79 Å². The average molecular weight is 294 g/mol. The Kier molecular flexibility index (Phi) is 3.93. The van der Waals surface area contributed by atoms with E-state index in [1.165, 1.54) is 4.90 Å². The van der Waals surface area contributed by atoms with Gasteiger partial charge in [-0.3, -0.25) is 4.79 Å². The number of thioether (sulfide) groups is 1. The number of rotatable bonds is 4. The molecule has 1 aromatic heterocycles. The molecular weight excluding hydrogens is 280 g/mol. The van der Waals surface area contributed by atoms with E-state index in [0.29, 0.717) is 17.8 Å². The maximum Gasteiger partial charge on any atom is 0.185 e. The van der Waals surface area contributed by atoms with Crippen LogP contribution in [-0.4, -0.2) is 12.5 Å². The summed E-state index contributed by atoms with van der Waals surface area (Å²) in [6.45, 7) is 0. The van der Waals surface area contributed by atoms with Crippen LogP contribution in [0.2, 0.25) is 0 Å². The van der Waals surface area contributed by atoms with Crippen LogP contribution in [0.4, 0.5) is 0 Å². The van der Waals surface area contributed by atoms with E-state index >= 15 is 0 Å². The molecule has 0 aliphatic rings. The number of furan rings is 1. The lowest BCUT2D eigenvalue weighted by Gasteiger charge is -2.05. The van der Waals surface area contributed by atoms with Crippen molar-refractivity contribution >= 4 is 18.0 Å². The summed E-state index contributed by atoms with van der Waals surface area (Å²) < 4.78 is 5.47. The van der Waals surface area contributed by atoms with Crippen molar-refractivity contribution in [3.8, 4) is 22.5 Å². The van der Waals surface area contributed by atoms with Crippen LogP contribution in [0.3, 0.4) is 0 Å². The van der Waals surface area contributed by atoms with E-state index in [0.717, 1.165) is 16.7 Å². The predicted molar refractivity (Wildman–Crippen MR) is 86.7 cm³/mol. The zero-order valence-corrected chi connectivity index (χ0v) is 12.4. The summed E-state index contributed by atoms with van der Waals surface area (Å²) in [5.74, 6) is 1.06. The lowest BCUT2D eigenvalue weighted by Crippen LogP contribution is -1.80. The standard InChI is InChI=1S/C18H14O2S/c1-21-17-8-5-13(6-9-17)14-3-2-4-15(11-14)18-10-7-16(12-19)20-18/h2-12H,1H3. The first-order valence-electron chi connectivity index (χ1n) is 6.60. The minimum Gasteiger partial charge on any atom is -0.453 e. The van der Waals surface area contributed by atoms with Gasteiger partial charge in [0.25, 0.3) is 0 Å². The molecule has 3 rings (SSSR count). The summed E-state index contributed by atoms with van der Waals surface area (Å²) in [6, 6.07) is 20.1. The molecule has 0 amide bonds. The molecule has 3 heteroatoms. The minimum atomic E-state index is 0.347. The minimum absolute atomic E-state index is 0.347. The molecule has 2 aromatic carbocycles. The van der Waals surface area contributed by atoms with E-state index in [4.69, 9.17) is 4.42 Å². The second-order valence-electron chi connectivity index (χ2n) is 4.63. The summed E-state index contributed by atoms with van der Waals surface area (Å²) >= 11 is 1.73. The molecule has 0 N–H and O–H groups in total. The molecule has 0 spiro atoms. The van der Waals surface area contributed by atoms with Crippen LogP contribution in [0.15, 0.2) is 70.0 Å². The second-order valence-corrected chi connectivity index (χ2v) is 5.51. The third-order valence-corrected chi connectivity index (χ3v) is 4.06. The largest absolute Gasteiger partial charge is 0.453 e. The zero-order valence-electron chi connectivity index (χ0n) is 11.6. The van der Waals surface area contributed by atoms with Gasteiger partial charge in [0.15, 0.2) is 12.0 Å². The first-order valence-corrected chi connectivity index (χ1v) is 7.82. The average Bonchev–Trinajstić information content (AvgIpc) is 3.04. The fraction of sp³-hybridized carbons (Fsp3) is 0.0556. The lowest BCUT2D eigenvalue weighted by atomic mass is 10.0. The van der Waals surface area contributed by atoms with Crippen molar-refractivity contribution in [1.29, 1.82) is 0 Å². The van der Waals surface area contributed by atoms with Gasteiger partial charge in [-0.15, -0.1) is 11.8 Å². The zero-order chi connectivity index (χ0) is 14.7. The monoisotopic (exact) mass is 294 g/mol. The normalized spacial score (nSPS) is 10.5. The van der Waals surface area contributed by atoms with Crippen LogP contribution >= 0.6 is 11.8 Å². The number of carbonyl (C=O) groups is 1. The van der Waals surface area contributed by atoms with E-state index in [1.54, 1.807) is 17.8 Å². The molecule has 0 saturated carbocycles. The predicted octanol–water partition coefficient (Wildman–Crippen LogP) is 5.15. The Labute approximate surface area is 127 Å². The number of carbonyl (C=O) groups excluding carboxylic acids is 1. The van der Waals surface area contributed by atoms with Gasteiger partial charge in [-0.2, -0.15) is 0 Å². The van der Waals surface area contributed by atoms with Gasteiger partial charge in [-0.05, 0) is 47.7 Å². The highest BCUT2D eigenvalue weighted by Gasteiger charge is 2.06. The molecule has 2 nitrogen and oxygen atoms in total. The Bertz CT molecular complexity index is 757. The van der Waals surface area contributed by atoms with Crippen LogP contribution in [-0.2, 0) is 0 Å². The van der Waals surface area contributed by atoms with Crippen LogP contribution in [0.25, 0.3) is 22.5 Å². The molecule has 0 atom stereocenters. The van der Waals surface area contributed by atoms with Gasteiger partial charge in [0.1, 0.15) is 5.76 Å². The fourth-order valence-electron chi connectivity index (χ4n) is 2.21. The molecule has 0 aliphatic heterocycles. The smallest absolute Gasteiger partial charge is 0.185 e. The van der Waals surface area contributed by atoms with Gasteiger partial charge in [0.2, 0.25) is 0 Å². The molecule has 3 aromatic rings. The van der Waals surface area contributed by atoms with Crippen molar-refractivity contribution in [1.82, 2.24) is 0 Å². The van der Waals surface area contributed by atoms with Crippen molar-refractivity contribution in [2.24, 2.45) is 0 Å². The lowest BCUT2D eigenvalue weighted by molar-refractivity contribution is 0.110. The van der Waals surface area contributed by atoms with E-state index in [-0.39, 0.29) is 0 Å². The Morgan fingerprint density at radius 2 is 1.67 bits per heavy atom. The van der Waals surface area contributed by atoms with Crippen LogP contribution in [0.5, 0.6) is 0 Å². The van der Waals surface area contributed by atoms with Crippen molar-refractivity contribution < 1.29 is 9.21 Å². The summed E-state index contributed by atoms with van der Waals surface area (Å²) in [4.78, 5) is 12.0. The molecule has 0 saturated heterocycles. The Balaban J connectivity index is 1.96. The number of hydrogen-bond donors (Lipinski definition) is 0. The van der Waals surface area contributed by atoms with E-state index < -0.39 is 0 Å². The van der Waals surface area contributed by atoms with Crippen LogP contribution < -0.4 is 0 Å². The highest BCUT2D eigenvalue weighted by Crippen LogP contribution is 2.28. The summed E-state index contributed by atoms with van der Waals surface area (Å²) in [5, 5.41) is 0.